The number of nitriles is 1. The summed E-state index contributed by atoms with van der Waals surface area (Å²) in [5.74, 6) is 1.02. The van der Waals surface area contributed by atoms with Gasteiger partial charge in [-0.05, 0) is 31.0 Å². The number of anilines is 1. The normalized spacial score (nSPS) is 14.6. The standard InChI is InChI=1S/C14H12ClN3O/c15-11-5-3-4-10(8-11)13-17-12(9-16)14(19-13)18-6-1-2-7-18/h3-5,8H,1-2,6-7H2. The lowest BCUT2D eigenvalue weighted by Gasteiger charge is -2.12. The van der Waals surface area contributed by atoms with Gasteiger partial charge in [-0.2, -0.15) is 10.2 Å². The zero-order valence-electron chi connectivity index (χ0n) is 10.3. The molecule has 0 amide bonds. The Balaban J connectivity index is 2.02. The predicted molar refractivity (Wildman–Crippen MR) is 73.1 cm³/mol. The van der Waals surface area contributed by atoms with Gasteiger partial charge in [-0.15, -0.1) is 0 Å². The first-order valence-electron chi connectivity index (χ1n) is 6.20. The summed E-state index contributed by atoms with van der Waals surface area (Å²) >= 11 is 5.96. The highest BCUT2D eigenvalue weighted by Gasteiger charge is 2.22. The fourth-order valence-electron chi connectivity index (χ4n) is 2.26. The van der Waals surface area contributed by atoms with Crippen LogP contribution in [0, 0.1) is 11.3 Å². The van der Waals surface area contributed by atoms with Gasteiger partial charge in [-0.1, -0.05) is 17.7 Å². The molecule has 1 aromatic carbocycles. The first kappa shape index (κ1) is 12.1. The molecule has 5 heteroatoms. The molecule has 0 aliphatic carbocycles. The number of hydrogen-bond acceptors (Lipinski definition) is 4. The molecule has 2 aromatic rings. The van der Waals surface area contributed by atoms with Crippen LogP contribution in [0.1, 0.15) is 18.5 Å². The van der Waals surface area contributed by atoms with Crippen molar-refractivity contribution in [3.8, 4) is 17.5 Å². The van der Waals surface area contributed by atoms with Gasteiger partial charge in [0.1, 0.15) is 6.07 Å². The number of aromatic nitrogens is 1. The minimum Gasteiger partial charge on any atom is -0.419 e. The molecule has 3 rings (SSSR count). The molecule has 0 unspecified atom stereocenters. The van der Waals surface area contributed by atoms with Crippen LogP contribution in [-0.4, -0.2) is 18.1 Å². The quantitative estimate of drug-likeness (QED) is 0.841. The molecule has 1 aliphatic rings. The molecule has 2 heterocycles. The van der Waals surface area contributed by atoms with Crippen molar-refractivity contribution in [3.63, 3.8) is 0 Å². The van der Waals surface area contributed by atoms with Gasteiger partial charge < -0.3 is 9.32 Å². The van der Waals surface area contributed by atoms with Gasteiger partial charge in [0, 0.05) is 23.7 Å². The SMILES string of the molecule is N#Cc1nc(-c2cccc(Cl)c2)oc1N1CCCC1. The van der Waals surface area contributed by atoms with Crippen LogP contribution in [0.5, 0.6) is 0 Å². The zero-order valence-corrected chi connectivity index (χ0v) is 11.0. The fourth-order valence-corrected chi connectivity index (χ4v) is 2.45. The lowest BCUT2D eigenvalue weighted by Crippen LogP contribution is -2.17. The van der Waals surface area contributed by atoms with Crippen LogP contribution in [0.4, 0.5) is 5.88 Å². The molecule has 0 bridgehead atoms. The summed E-state index contributed by atoms with van der Waals surface area (Å²) in [7, 11) is 0. The second kappa shape index (κ2) is 4.94. The first-order chi connectivity index (χ1) is 9.28. The van der Waals surface area contributed by atoms with E-state index in [1.807, 2.05) is 12.1 Å². The van der Waals surface area contributed by atoms with E-state index in [1.54, 1.807) is 12.1 Å². The first-order valence-corrected chi connectivity index (χ1v) is 6.57. The third-order valence-electron chi connectivity index (χ3n) is 3.18. The van der Waals surface area contributed by atoms with E-state index in [0.29, 0.717) is 22.5 Å². The van der Waals surface area contributed by atoms with Gasteiger partial charge in [0.15, 0.2) is 0 Å². The van der Waals surface area contributed by atoms with Crippen molar-refractivity contribution in [3.05, 3.63) is 35.0 Å². The second-order valence-corrected chi connectivity index (χ2v) is 4.93. The van der Waals surface area contributed by atoms with E-state index >= 15 is 0 Å². The van der Waals surface area contributed by atoms with E-state index in [-0.39, 0.29) is 0 Å². The molecule has 96 valence electrons. The molecule has 1 aromatic heterocycles. The highest BCUT2D eigenvalue weighted by atomic mass is 35.5. The highest BCUT2D eigenvalue weighted by molar-refractivity contribution is 6.30. The topological polar surface area (TPSA) is 53.1 Å². The number of benzene rings is 1. The van der Waals surface area contributed by atoms with Crippen LogP contribution in [0.2, 0.25) is 5.02 Å². The van der Waals surface area contributed by atoms with Crippen molar-refractivity contribution in [2.24, 2.45) is 0 Å². The number of halogens is 1. The lowest BCUT2D eigenvalue weighted by molar-refractivity contribution is 0.563. The summed E-state index contributed by atoms with van der Waals surface area (Å²) in [4.78, 5) is 6.33. The molecule has 0 N–H and O–H groups in total. The van der Waals surface area contributed by atoms with Gasteiger partial charge in [0.05, 0.1) is 0 Å². The summed E-state index contributed by atoms with van der Waals surface area (Å²) in [6.07, 6.45) is 2.25. The average molecular weight is 274 g/mol. The maximum absolute atomic E-state index is 9.17. The van der Waals surface area contributed by atoms with E-state index in [0.717, 1.165) is 31.5 Å². The van der Waals surface area contributed by atoms with Crippen molar-refractivity contribution >= 4 is 17.5 Å². The average Bonchev–Trinajstić information content (AvgIpc) is 3.07. The molecule has 0 spiro atoms. The van der Waals surface area contributed by atoms with Crippen LogP contribution >= 0.6 is 11.6 Å². The van der Waals surface area contributed by atoms with Crippen molar-refractivity contribution in [2.75, 3.05) is 18.0 Å². The number of nitrogens with zero attached hydrogens (tertiary/aromatic N) is 3. The summed E-state index contributed by atoms with van der Waals surface area (Å²) < 4.78 is 5.76. The van der Waals surface area contributed by atoms with Crippen LogP contribution in [0.15, 0.2) is 28.7 Å². The molecule has 1 aliphatic heterocycles. The second-order valence-electron chi connectivity index (χ2n) is 4.49. The Labute approximate surface area is 116 Å². The smallest absolute Gasteiger partial charge is 0.235 e. The Bertz CT molecular complexity index is 638. The van der Waals surface area contributed by atoms with E-state index in [2.05, 4.69) is 16.0 Å². The summed E-state index contributed by atoms with van der Waals surface area (Å²) in [6.45, 7) is 1.83. The van der Waals surface area contributed by atoms with Crippen LogP contribution < -0.4 is 4.90 Å². The van der Waals surface area contributed by atoms with Crippen LogP contribution in [0.25, 0.3) is 11.5 Å². The van der Waals surface area contributed by atoms with E-state index in [4.69, 9.17) is 21.3 Å². The van der Waals surface area contributed by atoms with E-state index in [9.17, 15) is 0 Å². The van der Waals surface area contributed by atoms with Crippen molar-refractivity contribution in [1.82, 2.24) is 4.98 Å². The van der Waals surface area contributed by atoms with Gasteiger partial charge in [0.25, 0.3) is 0 Å². The van der Waals surface area contributed by atoms with Gasteiger partial charge >= 0.3 is 0 Å². The maximum atomic E-state index is 9.17. The predicted octanol–water partition coefficient (Wildman–Crippen LogP) is 3.47. The maximum Gasteiger partial charge on any atom is 0.235 e. The monoisotopic (exact) mass is 273 g/mol. The minimum absolute atomic E-state index is 0.344. The van der Waals surface area contributed by atoms with Crippen molar-refractivity contribution < 1.29 is 4.42 Å². The number of hydrogen-bond donors (Lipinski definition) is 0. The van der Waals surface area contributed by atoms with E-state index in [1.165, 1.54) is 0 Å². The van der Waals surface area contributed by atoms with Crippen molar-refractivity contribution in [1.29, 1.82) is 5.26 Å². The molecule has 1 saturated heterocycles. The molecule has 19 heavy (non-hydrogen) atoms. The molecule has 0 atom stereocenters. The third kappa shape index (κ3) is 2.29. The molecule has 0 radical (unpaired) electrons. The van der Waals surface area contributed by atoms with Crippen LogP contribution in [0.3, 0.4) is 0 Å². The largest absolute Gasteiger partial charge is 0.419 e. The van der Waals surface area contributed by atoms with Crippen LogP contribution in [-0.2, 0) is 0 Å². The summed E-state index contributed by atoms with van der Waals surface area (Å²) in [6, 6.07) is 9.37. The van der Waals surface area contributed by atoms with Crippen molar-refractivity contribution in [2.45, 2.75) is 12.8 Å². The van der Waals surface area contributed by atoms with E-state index < -0.39 is 0 Å². The highest BCUT2D eigenvalue weighted by Crippen LogP contribution is 2.30. The molecular formula is C14H12ClN3O. The Morgan fingerprint density at radius 2 is 2.11 bits per heavy atom. The molecular weight excluding hydrogens is 262 g/mol. The Kier molecular flexibility index (Phi) is 3.14. The Morgan fingerprint density at radius 3 is 2.79 bits per heavy atom. The lowest BCUT2D eigenvalue weighted by atomic mass is 10.2. The van der Waals surface area contributed by atoms with Gasteiger partial charge in [-0.25, -0.2) is 0 Å². The Hall–Kier alpha value is -1.99. The molecule has 4 nitrogen and oxygen atoms in total. The number of oxazole rings is 1. The Morgan fingerprint density at radius 1 is 1.32 bits per heavy atom. The minimum atomic E-state index is 0.344. The third-order valence-corrected chi connectivity index (χ3v) is 3.42. The summed E-state index contributed by atoms with van der Waals surface area (Å²) in [5.41, 5.74) is 1.13. The fraction of sp³-hybridized carbons (Fsp3) is 0.286. The molecule has 0 saturated carbocycles. The van der Waals surface area contributed by atoms with Gasteiger partial charge in [0.2, 0.25) is 17.5 Å². The zero-order chi connectivity index (χ0) is 13.2. The number of rotatable bonds is 2. The summed E-state index contributed by atoms with van der Waals surface area (Å²) in [5, 5.41) is 9.79. The molecule has 1 fully saturated rings. The van der Waals surface area contributed by atoms with Gasteiger partial charge in [-0.3, -0.25) is 0 Å².